The maximum Gasteiger partial charge on any atom is 0.408 e. The third kappa shape index (κ3) is 4.93. The van der Waals surface area contributed by atoms with Crippen LogP contribution >= 0.6 is 0 Å². The van der Waals surface area contributed by atoms with Crippen molar-refractivity contribution in [3.63, 3.8) is 0 Å². The molecule has 0 radical (unpaired) electrons. The Kier molecular flexibility index (Phi) is 6.96. The molecule has 9 nitrogen and oxygen atoms in total. The second-order valence-corrected chi connectivity index (χ2v) is 8.18. The highest BCUT2D eigenvalue weighted by Gasteiger charge is 2.32. The van der Waals surface area contributed by atoms with Crippen LogP contribution in [0.1, 0.15) is 28.8 Å². The number of aliphatic carboxylic acids is 1. The van der Waals surface area contributed by atoms with Gasteiger partial charge in [-0.3, -0.25) is 14.3 Å². The zero-order chi connectivity index (χ0) is 24.9. The first-order chi connectivity index (χ1) is 16.9. The van der Waals surface area contributed by atoms with Crippen molar-refractivity contribution in [2.75, 3.05) is 19.7 Å². The molecule has 0 fully saturated rings. The van der Waals surface area contributed by atoms with Crippen molar-refractivity contribution in [3.8, 4) is 11.1 Å². The summed E-state index contributed by atoms with van der Waals surface area (Å²) in [5.41, 5.74) is 4.74. The Labute approximate surface area is 202 Å². The summed E-state index contributed by atoms with van der Waals surface area (Å²) in [6.07, 6.45) is 2.12. The number of aromatic nitrogens is 2. The quantitative estimate of drug-likeness (QED) is 0.461. The van der Waals surface area contributed by atoms with Gasteiger partial charge < -0.3 is 20.1 Å². The van der Waals surface area contributed by atoms with Crippen LogP contribution in [0.3, 0.4) is 0 Å². The predicted molar refractivity (Wildman–Crippen MR) is 129 cm³/mol. The van der Waals surface area contributed by atoms with E-state index in [4.69, 9.17) is 4.74 Å². The number of alkyl carbamates (subject to hydrolysis) is 1. The van der Waals surface area contributed by atoms with Crippen LogP contribution in [-0.2, 0) is 21.4 Å². The van der Waals surface area contributed by atoms with Crippen LogP contribution in [0.15, 0.2) is 73.4 Å². The summed E-state index contributed by atoms with van der Waals surface area (Å²) in [6.45, 7) is 3.14. The number of hydrogen-bond acceptors (Lipinski definition) is 5. The standard InChI is InChI=1S/C26H26N4O5/c1-3-14-30(15-23(31)32)25(33)24(22-12-13-27-29(22)2)28-26(34)35-16-21-19-10-6-4-8-17(19)18-9-5-7-11-20(18)21/h3-13,21,24H,1,14-16H2,2H3,(H,28,34)(H,31,32). The van der Waals surface area contributed by atoms with E-state index in [9.17, 15) is 19.5 Å². The van der Waals surface area contributed by atoms with Crippen LogP contribution in [-0.4, -0.2) is 57.5 Å². The summed E-state index contributed by atoms with van der Waals surface area (Å²) in [5, 5.41) is 15.9. The van der Waals surface area contributed by atoms with Gasteiger partial charge in [-0.2, -0.15) is 5.10 Å². The summed E-state index contributed by atoms with van der Waals surface area (Å²) in [4.78, 5) is 38.5. The number of ether oxygens (including phenoxy) is 1. The van der Waals surface area contributed by atoms with Crippen molar-refractivity contribution in [1.29, 1.82) is 0 Å². The van der Waals surface area contributed by atoms with Gasteiger partial charge in [0.1, 0.15) is 13.2 Å². The minimum absolute atomic E-state index is 0.00581. The molecule has 0 saturated carbocycles. The third-order valence-electron chi connectivity index (χ3n) is 5.99. The van der Waals surface area contributed by atoms with Gasteiger partial charge in [0.05, 0.1) is 5.69 Å². The van der Waals surface area contributed by atoms with E-state index in [1.54, 1.807) is 13.1 Å². The van der Waals surface area contributed by atoms with Crippen LogP contribution in [0.25, 0.3) is 11.1 Å². The highest BCUT2D eigenvalue weighted by Crippen LogP contribution is 2.44. The lowest BCUT2D eigenvalue weighted by atomic mass is 9.98. The molecule has 1 aliphatic rings. The molecule has 1 aliphatic carbocycles. The highest BCUT2D eigenvalue weighted by molar-refractivity contribution is 5.89. The van der Waals surface area contributed by atoms with Crippen LogP contribution < -0.4 is 5.32 Å². The van der Waals surface area contributed by atoms with Gasteiger partial charge in [-0.15, -0.1) is 6.58 Å². The van der Waals surface area contributed by atoms with E-state index in [1.165, 1.54) is 17.0 Å². The van der Waals surface area contributed by atoms with Crippen molar-refractivity contribution < 1.29 is 24.2 Å². The summed E-state index contributed by atoms with van der Waals surface area (Å²) >= 11 is 0. The van der Waals surface area contributed by atoms with Gasteiger partial charge in [-0.05, 0) is 28.3 Å². The number of carboxylic acids is 1. The number of nitrogens with one attached hydrogen (secondary N) is 1. The van der Waals surface area contributed by atoms with Crippen molar-refractivity contribution in [2.45, 2.75) is 12.0 Å². The maximum absolute atomic E-state index is 13.2. The fraction of sp³-hybridized carbons (Fsp3) is 0.231. The van der Waals surface area contributed by atoms with Crippen molar-refractivity contribution in [1.82, 2.24) is 20.0 Å². The zero-order valence-electron chi connectivity index (χ0n) is 19.3. The SMILES string of the molecule is C=CCN(CC(=O)O)C(=O)C(NC(=O)OCC1c2ccccc2-c2ccccc21)c1ccnn1C. The first-order valence-electron chi connectivity index (χ1n) is 11.1. The highest BCUT2D eigenvalue weighted by atomic mass is 16.5. The van der Waals surface area contributed by atoms with Gasteiger partial charge in [-0.25, -0.2) is 4.79 Å². The number of amides is 2. The monoisotopic (exact) mass is 474 g/mol. The van der Waals surface area contributed by atoms with E-state index >= 15 is 0 Å². The number of carboxylic acid groups (broad SMARTS) is 1. The van der Waals surface area contributed by atoms with E-state index in [0.717, 1.165) is 27.2 Å². The number of fused-ring (bicyclic) bond motifs is 3. The topological polar surface area (TPSA) is 114 Å². The van der Waals surface area contributed by atoms with E-state index < -0.39 is 30.6 Å². The molecule has 0 aliphatic heterocycles. The molecule has 1 atom stereocenters. The Balaban J connectivity index is 1.52. The van der Waals surface area contributed by atoms with Gasteiger partial charge in [0.2, 0.25) is 0 Å². The molecule has 35 heavy (non-hydrogen) atoms. The largest absolute Gasteiger partial charge is 0.480 e. The third-order valence-corrected chi connectivity index (χ3v) is 5.99. The maximum atomic E-state index is 13.2. The Morgan fingerprint density at radius 2 is 1.77 bits per heavy atom. The Morgan fingerprint density at radius 3 is 2.31 bits per heavy atom. The Morgan fingerprint density at radius 1 is 1.14 bits per heavy atom. The van der Waals surface area contributed by atoms with E-state index in [-0.39, 0.29) is 19.1 Å². The number of hydrogen-bond donors (Lipinski definition) is 2. The molecular formula is C26H26N4O5. The molecule has 1 heterocycles. The van der Waals surface area contributed by atoms with E-state index in [0.29, 0.717) is 5.69 Å². The number of nitrogens with zero attached hydrogens (tertiary/aromatic N) is 3. The van der Waals surface area contributed by atoms with E-state index in [1.807, 2.05) is 48.5 Å². The second kappa shape index (κ2) is 10.3. The number of benzene rings is 2. The van der Waals surface area contributed by atoms with Crippen LogP contribution in [0, 0.1) is 0 Å². The van der Waals surface area contributed by atoms with Gasteiger partial charge in [0.25, 0.3) is 5.91 Å². The van der Waals surface area contributed by atoms with Crippen LogP contribution in [0.4, 0.5) is 4.79 Å². The fourth-order valence-corrected chi connectivity index (χ4v) is 4.42. The molecule has 180 valence electrons. The van der Waals surface area contributed by atoms with E-state index in [2.05, 4.69) is 17.0 Å². The predicted octanol–water partition coefficient (Wildman–Crippen LogP) is 3.10. The van der Waals surface area contributed by atoms with Gasteiger partial charge >= 0.3 is 12.1 Å². The lowest BCUT2D eigenvalue weighted by molar-refractivity contribution is -0.145. The molecule has 0 bridgehead atoms. The number of carbonyl (C=O) groups excluding carboxylic acids is 2. The minimum Gasteiger partial charge on any atom is -0.480 e. The van der Waals surface area contributed by atoms with Crippen molar-refractivity contribution >= 4 is 18.0 Å². The molecule has 9 heteroatoms. The smallest absolute Gasteiger partial charge is 0.408 e. The van der Waals surface area contributed by atoms with Crippen LogP contribution in [0.2, 0.25) is 0 Å². The molecule has 2 amide bonds. The Bertz CT molecular complexity index is 1220. The summed E-state index contributed by atoms with van der Waals surface area (Å²) < 4.78 is 7.04. The summed E-state index contributed by atoms with van der Waals surface area (Å²) in [6, 6.07) is 16.4. The van der Waals surface area contributed by atoms with Gasteiger partial charge in [-0.1, -0.05) is 54.6 Å². The Hall–Kier alpha value is -4.40. The molecule has 0 saturated heterocycles. The molecule has 0 spiro atoms. The van der Waals surface area contributed by atoms with Crippen molar-refractivity contribution in [3.05, 3.63) is 90.3 Å². The first-order valence-corrected chi connectivity index (χ1v) is 11.1. The molecule has 3 aromatic rings. The molecule has 2 N–H and O–H groups in total. The summed E-state index contributed by atoms with van der Waals surface area (Å²) in [5.74, 6) is -1.92. The molecule has 4 rings (SSSR count). The zero-order valence-corrected chi connectivity index (χ0v) is 19.3. The minimum atomic E-state index is -1.18. The average molecular weight is 475 g/mol. The molecule has 1 aromatic heterocycles. The number of rotatable bonds is 9. The fourth-order valence-electron chi connectivity index (χ4n) is 4.42. The molecule has 2 aromatic carbocycles. The van der Waals surface area contributed by atoms with Gasteiger partial charge in [0.15, 0.2) is 6.04 Å². The van der Waals surface area contributed by atoms with Crippen molar-refractivity contribution in [2.24, 2.45) is 7.05 Å². The second-order valence-electron chi connectivity index (χ2n) is 8.18. The average Bonchev–Trinajstić information content (AvgIpc) is 3.41. The number of carbonyl (C=O) groups is 3. The number of aryl methyl sites for hydroxylation is 1. The molecule has 1 unspecified atom stereocenters. The normalized spacial score (nSPS) is 12.8. The molecular weight excluding hydrogens is 448 g/mol. The lowest BCUT2D eigenvalue weighted by Gasteiger charge is -2.26. The first kappa shape index (κ1) is 23.7. The van der Waals surface area contributed by atoms with Gasteiger partial charge in [0, 0.05) is 25.7 Å². The summed E-state index contributed by atoms with van der Waals surface area (Å²) in [7, 11) is 1.63. The van der Waals surface area contributed by atoms with Crippen LogP contribution in [0.5, 0.6) is 0 Å². The lowest BCUT2D eigenvalue weighted by Crippen LogP contribution is -2.45.